The van der Waals surface area contributed by atoms with Crippen molar-refractivity contribution in [3.05, 3.63) is 71.4 Å². The van der Waals surface area contributed by atoms with Gasteiger partial charge in [-0.2, -0.15) is 0 Å². The Labute approximate surface area is 199 Å². The zero-order valence-corrected chi connectivity index (χ0v) is 19.2. The minimum atomic E-state index is 0.145. The van der Waals surface area contributed by atoms with Crippen LogP contribution in [0.25, 0.3) is 11.3 Å². The molecule has 2 fully saturated rings. The van der Waals surface area contributed by atoms with Crippen LogP contribution < -0.4 is 10.6 Å². The van der Waals surface area contributed by atoms with Gasteiger partial charge >= 0.3 is 0 Å². The van der Waals surface area contributed by atoms with Crippen molar-refractivity contribution in [1.29, 1.82) is 0 Å². The number of piperidine rings is 1. The standard InChI is InChI=1S/C27H28N6O/c1-28-21-12-22-10-11-23(13-21)33(22)26(34)17-6-8-20(9-7-17)31-27-30-16-19-15-29-14-18-4-2-3-5-24(18)25(19)32-27/h2-9,14,16,21-23,28H,10-13,15H2,1H3,(H,30,31,32). The lowest BCUT2D eigenvalue weighted by atomic mass is 9.96. The molecule has 2 aromatic carbocycles. The normalized spacial score (nSPS) is 22.6. The molecule has 2 N–H and O–H groups in total. The molecular weight excluding hydrogens is 424 g/mol. The van der Waals surface area contributed by atoms with E-state index in [1.165, 1.54) is 0 Å². The van der Waals surface area contributed by atoms with Gasteiger partial charge in [0.15, 0.2) is 0 Å². The first-order valence-corrected chi connectivity index (χ1v) is 12.0. The van der Waals surface area contributed by atoms with E-state index >= 15 is 0 Å². The van der Waals surface area contributed by atoms with Crippen LogP contribution in [0.2, 0.25) is 0 Å². The number of nitrogens with zero attached hydrogens (tertiary/aromatic N) is 4. The van der Waals surface area contributed by atoms with Gasteiger partial charge in [0.2, 0.25) is 5.95 Å². The maximum atomic E-state index is 13.3. The summed E-state index contributed by atoms with van der Waals surface area (Å²) in [5.41, 5.74) is 5.61. The van der Waals surface area contributed by atoms with Gasteiger partial charge in [0.05, 0.1) is 12.2 Å². The molecule has 2 bridgehead atoms. The van der Waals surface area contributed by atoms with Crippen LogP contribution in [0, 0.1) is 0 Å². The average molecular weight is 453 g/mol. The second-order valence-corrected chi connectivity index (χ2v) is 9.38. The van der Waals surface area contributed by atoms with Crippen molar-refractivity contribution < 1.29 is 4.79 Å². The van der Waals surface area contributed by atoms with Gasteiger partial charge in [-0.1, -0.05) is 24.3 Å². The third kappa shape index (κ3) is 3.76. The zero-order chi connectivity index (χ0) is 23.1. The van der Waals surface area contributed by atoms with Gasteiger partial charge < -0.3 is 15.5 Å². The number of nitrogens with one attached hydrogen (secondary N) is 2. The van der Waals surface area contributed by atoms with E-state index in [4.69, 9.17) is 4.98 Å². The summed E-state index contributed by atoms with van der Waals surface area (Å²) in [6, 6.07) is 17.0. The average Bonchev–Trinajstić information content (AvgIpc) is 3.03. The smallest absolute Gasteiger partial charge is 0.254 e. The van der Waals surface area contributed by atoms with E-state index < -0.39 is 0 Å². The number of rotatable bonds is 4. The van der Waals surface area contributed by atoms with Gasteiger partial charge in [0.25, 0.3) is 5.91 Å². The van der Waals surface area contributed by atoms with E-state index in [1.807, 2.05) is 61.9 Å². The van der Waals surface area contributed by atoms with Gasteiger partial charge in [-0.15, -0.1) is 0 Å². The highest BCUT2D eigenvalue weighted by molar-refractivity contribution is 5.95. The molecule has 6 rings (SSSR count). The molecule has 4 heterocycles. The number of aromatic nitrogens is 2. The summed E-state index contributed by atoms with van der Waals surface area (Å²) in [5.74, 6) is 0.674. The zero-order valence-electron chi connectivity index (χ0n) is 19.2. The largest absolute Gasteiger partial charge is 0.333 e. The van der Waals surface area contributed by atoms with Gasteiger partial charge in [0.1, 0.15) is 0 Å². The third-order valence-electron chi connectivity index (χ3n) is 7.34. The van der Waals surface area contributed by atoms with Crippen LogP contribution in [0.1, 0.15) is 47.2 Å². The van der Waals surface area contributed by atoms with Crippen molar-refractivity contribution in [2.75, 3.05) is 12.4 Å². The molecule has 3 aliphatic heterocycles. The summed E-state index contributed by atoms with van der Waals surface area (Å²) >= 11 is 0. The van der Waals surface area contributed by atoms with Crippen molar-refractivity contribution in [3.63, 3.8) is 0 Å². The van der Waals surface area contributed by atoms with Crippen LogP contribution in [-0.2, 0) is 6.54 Å². The summed E-state index contributed by atoms with van der Waals surface area (Å²) in [5, 5.41) is 6.70. The Balaban J connectivity index is 1.20. The lowest BCUT2D eigenvalue weighted by Crippen LogP contribution is -2.50. The monoisotopic (exact) mass is 452 g/mol. The second-order valence-electron chi connectivity index (χ2n) is 9.38. The molecule has 34 heavy (non-hydrogen) atoms. The summed E-state index contributed by atoms with van der Waals surface area (Å²) in [6.07, 6.45) is 8.04. The van der Waals surface area contributed by atoms with Gasteiger partial charge in [0, 0.05) is 58.5 Å². The number of benzene rings is 2. The minimum Gasteiger partial charge on any atom is -0.333 e. The predicted molar refractivity (Wildman–Crippen MR) is 134 cm³/mol. The number of amides is 1. The fourth-order valence-electron chi connectivity index (χ4n) is 5.60. The van der Waals surface area contributed by atoms with Crippen LogP contribution in [0.3, 0.4) is 0 Å². The van der Waals surface area contributed by atoms with Gasteiger partial charge in [-0.25, -0.2) is 9.97 Å². The Hall–Kier alpha value is -3.58. The molecule has 2 unspecified atom stereocenters. The maximum Gasteiger partial charge on any atom is 0.254 e. The molecule has 0 spiro atoms. The van der Waals surface area contributed by atoms with E-state index in [1.54, 1.807) is 0 Å². The highest BCUT2D eigenvalue weighted by atomic mass is 16.2. The SMILES string of the molecule is CNC1CC2CCC(C1)N2C(=O)c1ccc(Nc2ncc3c(n2)-c2ccccc2C=NC3)cc1. The number of fused-ring (bicyclic) bond motifs is 5. The number of carbonyl (C=O) groups is 1. The van der Waals surface area contributed by atoms with Crippen molar-refractivity contribution in [1.82, 2.24) is 20.2 Å². The van der Waals surface area contributed by atoms with Crippen LogP contribution >= 0.6 is 0 Å². The van der Waals surface area contributed by atoms with Crippen molar-refractivity contribution >= 4 is 23.8 Å². The van der Waals surface area contributed by atoms with Crippen LogP contribution in [0.15, 0.2) is 59.7 Å². The van der Waals surface area contributed by atoms with Crippen molar-refractivity contribution in [2.45, 2.75) is 50.4 Å². The topological polar surface area (TPSA) is 82.5 Å². The number of carbonyl (C=O) groups excluding carboxylic acids is 1. The predicted octanol–water partition coefficient (Wildman–Crippen LogP) is 4.17. The van der Waals surface area contributed by atoms with Crippen LogP contribution in [-0.4, -0.2) is 52.2 Å². The van der Waals surface area contributed by atoms with Crippen LogP contribution in [0.4, 0.5) is 11.6 Å². The first-order chi connectivity index (χ1) is 16.7. The Morgan fingerprint density at radius 3 is 2.56 bits per heavy atom. The lowest BCUT2D eigenvalue weighted by molar-refractivity contribution is 0.0560. The number of aliphatic imine (C=N–C) groups is 1. The van der Waals surface area contributed by atoms with Crippen molar-refractivity contribution in [3.8, 4) is 11.3 Å². The molecule has 7 nitrogen and oxygen atoms in total. The summed E-state index contributed by atoms with van der Waals surface area (Å²) < 4.78 is 0. The molecule has 3 aliphatic rings. The fourth-order valence-corrected chi connectivity index (χ4v) is 5.60. The Morgan fingerprint density at radius 2 is 1.79 bits per heavy atom. The molecule has 1 amide bonds. The molecule has 7 heteroatoms. The second kappa shape index (κ2) is 8.65. The fraction of sp³-hybridized carbons (Fsp3) is 0.333. The molecular formula is C27H28N6O. The number of hydrogen-bond acceptors (Lipinski definition) is 6. The van der Waals surface area contributed by atoms with E-state index in [9.17, 15) is 4.79 Å². The summed E-state index contributed by atoms with van der Waals surface area (Å²) in [7, 11) is 2.02. The molecule has 3 aromatic rings. The molecule has 2 atom stereocenters. The number of anilines is 2. The number of hydrogen-bond donors (Lipinski definition) is 2. The van der Waals surface area contributed by atoms with E-state index in [2.05, 4.69) is 31.6 Å². The highest BCUT2D eigenvalue weighted by Gasteiger charge is 2.42. The van der Waals surface area contributed by atoms with Gasteiger partial charge in [-0.3, -0.25) is 9.79 Å². The summed E-state index contributed by atoms with van der Waals surface area (Å²) in [6.45, 7) is 0.564. The van der Waals surface area contributed by atoms with Gasteiger partial charge in [-0.05, 0) is 57.0 Å². The molecule has 2 saturated heterocycles. The molecule has 0 aliphatic carbocycles. The van der Waals surface area contributed by atoms with Crippen molar-refractivity contribution in [2.24, 2.45) is 4.99 Å². The Bertz CT molecular complexity index is 1240. The van der Waals surface area contributed by atoms with E-state index in [-0.39, 0.29) is 5.91 Å². The molecule has 172 valence electrons. The lowest BCUT2D eigenvalue weighted by Gasteiger charge is -2.39. The Morgan fingerprint density at radius 1 is 1.03 bits per heavy atom. The highest BCUT2D eigenvalue weighted by Crippen LogP contribution is 2.37. The molecule has 0 radical (unpaired) electrons. The Kier molecular flexibility index (Phi) is 5.34. The molecule has 1 aromatic heterocycles. The first-order valence-electron chi connectivity index (χ1n) is 12.0. The third-order valence-corrected chi connectivity index (χ3v) is 7.34. The first kappa shape index (κ1) is 21.0. The molecule has 0 saturated carbocycles. The van der Waals surface area contributed by atoms with E-state index in [0.29, 0.717) is 30.6 Å². The quantitative estimate of drug-likeness (QED) is 0.621. The van der Waals surface area contributed by atoms with E-state index in [0.717, 1.165) is 59.3 Å². The van der Waals surface area contributed by atoms with Crippen LogP contribution in [0.5, 0.6) is 0 Å². The summed E-state index contributed by atoms with van der Waals surface area (Å²) in [4.78, 5) is 29.2. The maximum absolute atomic E-state index is 13.3. The minimum absolute atomic E-state index is 0.145.